The molecule has 0 aliphatic carbocycles. The molecule has 1 fully saturated rings. The summed E-state index contributed by atoms with van der Waals surface area (Å²) in [6, 6.07) is 6.63. The molecule has 1 saturated heterocycles. The average molecular weight is 297 g/mol. The van der Waals surface area contributed by atoms with Crippen molar-refractivity contribution in [3.8, 4) is 0 Å². The molecule has 0 spiro atoms. The Labute approximate surface area is 127 Å². The van der Waals surface area contributed by atoms with Gasteiger partial charge >= 0.3 is 0 Å². The Balaban J connectivity index is 2.19. The molecule has 0 amide bonds. The second-order valence-corrected chi connectivity index (χ2v) is 6.03. The predicted molar refractivity (Wildman–Crippen MR) is 85.7 cm³/mol. The van der Waals surface area contributed by atoms with Gasteiger partial charge in [0.05, 0.1) is 12.7 Å². The van der Waals surface area contributed by atoms with Crippen LogP contribution in [-0.2, 0) is 11.3 Å². The quantitative estimate of drug-likeness (QED) is 0.901. The average Bonchev–Trinajstić information content (AvgIpc) is 2.45. The second-order valence-electron chi connectivity index (χ2n) is 5.62. The minimum absolute atomic E-state index is 0.327. The van der Waals surface area contributed by atoms with E-state index in [0.717, 1.165) is 37.7 Å². The van der Waals surface area contributed by atoms with Crippen LogP contribution in [0, 0.1) is 0 Å². The summed E-state index contributed by atoms with van der Waals surface area (Å²) in [6.45, 7) is 9.96. The third kappa shape index (κ3) is 3.87. The number of rotatable bonds is 5. The summed E-state index contributed by atoms with van der Waals surface area (Å²) < 4.78 is 5.76. The van der Waals surface area contributed by atoms with Crippen LogP contribution in [0.15, 0.2) is 18.2 Å². The zero-order chi connectivity index (χ0) is 14.5. The largest absolute Gasteiger partial charge is 0.375 e. The van der Waals surface area contributed by atoms with Gasteiger partial charge in [-0.2, -0.15) is 0 Å². The van der Waals surface area contributed by atoms with Crippen molar-refractivity contribution in [2.75, 3.05) is 24.6 Å². The molecule has 1 heterocycles. The first kappa shape index (κ1) is 15.6. The van der Waals surface area contributed by atoms with E-state index in [-0.39, 0.29) is 0 Å². The van der Waals surface area contributed by atoms with Crippen molar-refractivity contribution >= 4 is 17.3 Å². The van der Waals surface area contributed by atoms with Crippen LogP contribution in [0.3, 0.4) is 0 Å². The van der Waals surface area contributed by atoms with E-state index in [1.54, 1.807) is 0 Å². The summed E-state index contributed by atoms with van der Waals surface area (Å²) in [5.41, 5.74) is 2.44. The molecule has 1 aliphatic rings. The Morgan fingerprint density at radius 1 is 1.45 bits per heavy atom. The van der Waals surface area contributed by atoms with Crippen molar-refractivity contribution in [1.29, 1.82) is 0 Å². The maximum absolute atomic E-state index is 6.40. The smallest absolute Gasteiger partial charge is 0.0748 e. The van der Waals surface area contributed by atoms with E-state index in [0.29, 0.717) is 12.1 Å². The minimum atomic E-state index is 0.327. The van der Waals surface area contributed by atoms with Crippen molar-refractivity contribution in [3.05, 3.63) is 28.8 Å². The normalized spacial score (nSPS) is 19.6. The van der Waals surface area contributed by atoms with E-state index in [1.807, 2.05) is 12.1 Å². The van der Waals surface area contributed by atoms with Crippen LogP contribution >= 0.6 is 11.6 Å². The van der Waals surface area contributed by atoms with E-state index >= 15 is 0 Å². The van der Waals surface area contributed by atoms with Crippen LogP contribution < -0.4 is 10.2 Å². The number of ether oxygens (including phenoxy) is 1. The lowest BCUT2D eigenvalue weighted by Gasteiger charge is -2.35. The summed E-state index contributed by atoms with van der Waals surface area (Å²) in [6.07, 6.45) is 1.38. The fraction of sp³-hybridized carbons (Fsp3) is 0.625. The van der Waals surface area contributed by atoms with Crippen molar-refractivity contribution in [1.82, 2.24) is 5.32 Å². The monoisotopic (exact) mass is 296 g/mol. The van der Waals surface area contributed by atoms with Crippen LogP contribution in [0.25, 0.3) is 0 Å². The number of hydrogen-bond acceptors (Lipinski definition) is 3. The number of nitrogens with zero attached hydrogens (tertiary/aromatic N) is 1. The Morgan fingerprint density at radius 3 is 2.95 bits per heavy atom. The van der Waals surface area contributed by atoms with E-state index < -0.39 is 0 Å². The Bertz CT molecular complexity index is 436. The van der Waals surface area contributed by atoms with Crippen LogP contribution in [0.4, 0.5) is 5.69 Å². The van der Waals surface area contributed by atoms with E-state index in [9.17, 15) is 0 Å². The van der Waals surface area contributed by atoms with Gasteiger partial charge in [0.2, 0.25) is 0 Å². The molecule has 1 unspecified atom stereocenters. The van der Waals surface area contributed by atoms with E-state index in [4.69, 9.17) is 16.3 Å². The van der Waals surface area contributed by atoms with E-state index in [2.05, 4.69) is 37.1 Å². The molecule has 4 heteroatoms. The molecule has 1 aromatic carbocycles. The van der Waals surface area contributed by atoms with Gasteiger partial charge in [0, 0.05) is 41.9 Å². The first-order valence-electron chi connectivity index (χ1n) is 7.49. The summed E-state index contributed by atoms with van der Waals surface area (Å²) in [5.74, 6) is 0. The lowest BCUT2D eigenvalue weighted by atomic mass is 10.1. The highest BCUT2D eigenvalue weighted by atomic mass is 35.5. The number of benzene rings is 1. The third-order valence-corrected chi connectivity index (χ3v) is 4.07. The predicted octanol–water partition coefficient (Wildman–Crippen LogP) is 3.45. The van der Waals surface area contributed by atoms with Crippen molar-refractivity contribution in [3.63, 3.8) is 0 Å². The molecule has 0 bridgehead atoms. The first-order valence-corrected chi connectivity index (χ1v) is 7.87. The summed E-state index contributed by atoms with van der Waals surface area (Å²) in [4.78, 5) is 2.40. The molecule has 0 radical (unpaired) electrons. The highest BCUT2D eigenvalue weighted by Gasteiger charge is 2.21. The standard InChI is InChI=1S/C16H25ClN2O/c1-4-13-11-19(8-9-20-13)16-7-5-6-15(17)14(16)10-18-12(2)3/h5-7,12-13,18H,4,8-11H2,1-3H3. The Hall–Kier alpha value is -0.770. The molecule has 1 N–H and O–H groups in total. The molecule has 3 nitrogen and oxygen atoms in total. The second kappa shape index (κ2) is 7.30. The molecule has 112 valence electrons. The molecule has 1 aromatic rings. The highest BCUT2D eigenvalue weighted by molar-refractivity contribution is 6.31. The van der Waals surface area contributed by atoms with Gasteiger partial charge in [0.15, 0.2) is 0 Å². The lowest BCUT2D eigenvalue weighted by molar-refractivity contribution is 0.0384. The number of nitrogens with one attached hydrogen (secondary N) is 1. The van der Waals surface area contributed by atoms with Crippen molar-refractivity contribution in [2.24, 2.45) is 0 Å². The van der Waals surface area contributed by atoms with Gasteiger partial charge in [0.25, 0.3) is 0 Å². The number of halogens is 1. The molecule has 20 heavy (non-hydrogen) atoms. The van der Waals surface area contributed by atoms with Gasteiger partial charge in [-0.3, -0.25) is 0 Å². The maximum atomic E-state index is 6.40. The van der Waals surface area contributed by atoms with Gasteiger partial charge in [-0.1, -0.05) is 38.4 Å². The van der Waals surface area contributed by atoms with Crippen LogP contribution in [0.2, 0.25) is 5.02 Å². The number of morpholine rings is 1. The molecule has 2 rings (SSSR count). The van der Waals surface area contributed by atoms with Crippen LogP contribution in [0.1, 0.15) is 32.8 Å². The maximum Gasteiger partial charge on any atom is 0.0748 e. The SMILES string of the molecule is CCC1CN(c2cccc(Cl)c2CNC(C)C)CCO1. The molecule has 1 atom stereocenters. The van der Waals surface area contributed by atoms with E-state index in [1.165, 1.54) is 11.3 Å². The molecule has 0 aromatic heterocycles. The fourth-order valence-electron chi connectivity index (χ4n) is 2.51. The van der Waals surface area contributed by atoms with Crippen molar-refractivity contribution < 1.29 is 4.74 Å². The third-order valence-electron chi connectivity index (χ3n) is 3.72. The first-order chi connectivity index (χ1) is 9.61. The molecule has 1 aliphatic heterocycles. The van der Waals surface area contributed by atoms with Crippen molar-refractivity contribution in [2.45, 2.75) is 45.9 Å². The lowest BCUT2D eigenvalue weighted by Crippen LogP contribution is -2.42. The summed E-state index contributed by atoms with van der Waals surface area (Å²) >= 11 is 6.40. The highest BCUT2D eigenvalue weighted by Crippen LogP contribution is 2.29. The molecule has 0 saturated carbocycles. The van der Waals surface area contributed by atoms with Crippen LogP contribution in [0.5, 0.6) is 0 Å². The molecular formula is C16H25ClN2O. The van der Waals surface area contributed by atoms with Gasteiger partial charge < -0.3 is 15.0 Å². The van der Waals surface area contributed by atoms with Gasteiger partial charge in [0.1, 0.15) is 0 Å². The number of hydrogen-bond donors (Lipinski definition) is 1. The molecular weight excluding hydrogens is 272 g/mol. The topological polar surface area (TPSA) is 24.5 Å². The van der Waals surface area contributed by atoms with Gasteiger partial charge in [-0.05, 0) is 18.6 Å². The van der Waals surface area contributed by atoms with Gasteiger partial charge in [-0.25, -0.2) is 0 Å². The van der Waals surface area contributed by atoms with Crippen LogP contribution in [-0.4, -0.2) is 31.8 Å². The van der Waals surface area contributed by atoms with Gasteiger partial charge in [-0.15, -0.1) is 0 Å². The minimum Gasteiger partial charge on any atom is -0.375 e. The number of anilines is 1. The Kier molecular flexibility index (Phi) is 5.70. The Morgan fingerprint density at radius 2 is 2.25 bits per heavy atom. The fourth-order valence-corrected chi connectivity index (χ4v) is 2.75. The zero-order valence-corrected chi connectivity index (χ0v) is 13.4. The summed E-state index contributed by atoms with van der Waals surface area (Å²) in [5, 5.41) is 4.31. The summed E-state index contributed by atoms with van der Waals surface area (Å²) in [7, 11) is 0. The zero-order valence-electron chi connectivity index (χ0n) is 12.7.